The molecule has 4 rings (SSSR count). The number of carbonyl (C=O) groups is 1. The molecule has 32 heavy (non-hydrogen) atoms. The minimum atomic E-state index is 0.0389. The number of halogens is 1. The zero-order valence-corrected chi connectivity index (χ0v) is 19.6. The number of benzene rings is 1. The van der Waals surface area contributed by atoms with Gasteiger partial charge in [-0.05, 0) is 68.0 Å². The van der Waals surface area contributed by atoms with E-state index in [1.54, 1.807) is 18.0 Å². The number of rotatable bonds is 7. The summed E-state index contributed by atoms with van der Waals surface area (Å²) in [5, 5.41) is 5.08. The van der Waals surface area contributed by atoms with Crippen LogP contribution in [0.5, 0.6) is 0 Å². The van der Waals surface area contributed by atoms with Crippen LogP contribution in [-0.2, 0) is 11.2 Å². The molecule has 0 spiro atoms. The van der Waals surface area contributed by atoms with E-state index in [0.717, 1.165) is 60.9 Å². The number of ketones is 1. The average molecular weight is 453 g/mol. The summed E-state index contributed by atoms with van der Waals surface area (Å²) in [7, 11) is 1.77. The van der Waals surface area contributed by atoms with Gasteiger partial charge in [0, 0.05) is 44.4 Å². The van der Waals surface area contributed by atoms with Gasteiger partial charge in [-0.1, -0.05) is 17.7 Å². The molecule has 0 aliphatic carbocycles. The van der Waals surface area contributed by atoms with Crippen molar-refractivity contribution in [3.8, 4) is 5.69 Å². The van der Waals surface area contributed by atoms with Gasteiger partial charge in [0.05, 0.1) is 23.1 Å². The molecule has 0 radical (unpaired) electrons. The quantitative estimate of drug-likeness (QED) is 0.481. The zero-order chi connectivity index (χ0) is 22.7. The van der Waals surface area contributed by atoms with Crippen LogP contribution in [0, 0.1) is 19.8 Å². The molecular weight excluding hydrogens is 424 g/mol. The van der Waals surface area contributed by atoms with E-state index in [-0.39, 0.29) is 5.78 Å². The molecule has 0 saturated carbocycles. The maximum absolute atomic E-state index is 13.0. The van der Waals surface area contributed by atoms with Gasteiger partial charge in [0.25, 0.3) is 0 Å². The molecule has 1 fully saturated rings. The van der Waals surface area contributed by atoms with E-state index in [9.17, 15) is 4.79 Å². The van der Waals surface area contributed by atoms with Crippen LogP contribution in [0.25, 0.3) is 5.69 Å². The number of carbonyl (C=O) groups excluding carboxylic acids is 1. The van der Waals surface area contributed by atoms with E-state index in [0.29, 0.717) is 22.9 Å². The van der Waals surface area contributed by atoms with E-state index in [1.165, 1.54) is 0 Å². The molecule has 168 valence electrons. The summed E-state index contributed by atoms with van der Waals surface area (Å²) in [5.41, 5.74) is 4.35. The SMILES string of the molecule is COCC1CCN(c2ncc(CC(=O)c3cnn(-c4ccc(Cl)cc4)c3C)cc2C)CC1. The van der Waals surface area contributed by atoms with Gasteiger partial charge in [0.2, 0.25) is 0 Å². The summed E-state index contributed by atoms with van der Waals surface area (Å²) in [5.74, 6) is 1.69. The third-order valence-corrected chi connectivity index (χ3v) is 6.42. The number of pyridine rings is 1. The van der Waals surface area contributed by atoms with Crippen LogP contribution in [0.2, 0.25) is 5.02 Å². The number of nitrogens with zero attached hydrogens (tertiary/aromatic N) is 4. The van der Waals surface area contributed by atoms with Crippen molar-refractivity contribution in [2.24, 2.45) is 5.92 Å². The van der Waals surface area contributed by atoms with Crippen molar-refractivity contribution in [2.45, 2.75) is 33.1 Å². The monoisotopic (exact) mass is 452 g/mol. The van der Waals surface area contributed by atoms with E-state index in [2.05, 4.69) is 23.0 Å². The fourth-order valence-corrected chi connectivity index (χ4v) is 4.53. The largest absolute Gasteiger partial charge is 0.384 e. The number of methoxy groups -OCH3 is 1. The fraction of sp³-hybridized carbons (Fsp3) is 0.400. The summed E-state index contributed by atoms with van der Waals surface area (Å²) in [6, 6.07) is 9.49. The lowest BCUT2D eigenvalue weighted by Gasteiger charge is -2.33. The van der Waals surface area contributed by atoms with Gasteiger partial charge >= 0.3 is 0 Å². The Balaban J connectivity index is 1.44. The first-order valence-corrected chi connectivity index (χ1v) is 11.4. The van der Waals surface area contributed by atoms with Crippen LogP contribution in [0.1, 0.15) is 40.0 Å². The number of ether oxygens (including phenoxy) is 1. The van der Waals surface area contributed by atoms with E-state index in [1.807, 2.05) is 37.4 Å². The molecule has 3 aromatic rings. The number of aryl methyl sites for hydroxylation is 1. The molecule has 0 N–H and O–H groups in total. The van der Waals surface area contributed by atoms with Crippen LogP contribution in [0.3, 0.4) is 0 Å². The molecule has 3 heterocycles. The van der Waals surface area contributed by atoms with Gasteiger partial charge in [0.15, 0.2) is 5.78 Å². The molecular formula is C25H29ClN4O2. The van der Waals surface area contributed by atoms with Crippen molar-refractivity contribution in [1.82, 2.24) is 14.8 Å². The Morgan fingerprint density at radius 3 is 2.53 bits per heavy atom. The van der Waals surface area contributed by atoms with Crippen molar-refractivity contribution < 1.29 is 9.53 Å². The minimum Gasteiger partial charge on any atom is -0.384 e. The average Bonchev–Trinajstić information content (AvgIpc) is 3.17. The number of hydrogen-bond donors (Lipinski definition) is 0. The van der Waals surface area contributed by atoms with Crippen LogP contribution in [-0.4, -0.2) is 47.4 Å². The highest BCUT2D eigenvalue weighted by Crippen LogP contribution is 2.25. The van der Waals surface area contributed by atoms with Gasteiger partial charge in [-0.15, -0.1) is 0 Å². The second-order valence-electron chi connectivity index (χ2n) is 8.50. The molecule has 1 saturated heterocycles. The normalized spacial score (nSPS) is 14.7. The first-order valence-electron chi connectivity index (χ1n) is 11.0. The molecule has 7 heteroatoms. The smallest absolute Gasteiger partial charge is 0.170 e. The number of piperidine rings is 1. The Morgan fingerprint density at radius 2 is 1.88 bits per heavy atom. The first-order chi connectivity index (χ1) is 15.5. The molecule has 2 aromatic heterocycles. The molecule has 0 unspecified atom stereocenters. The van der Waals surface area contributed by atoms with E-state index in [4.69, 9.17) is 21.3 Å². The van der Waals surface area contributed by atoms with Crippen molar-refractivity contribution in [2.75, 3.05) is 31.7 Å². The zero-order valence-electron chi connectivity index (χ0n) is 18.8. The van der Waals surface area contributed by atoms with Crippen molar-refractivity contribution in [3.63, 3.8) is 0 Å². The third kappa shape index (κ3) is 4.87. The molecule has 0 atom stereocenters. The third-order valence-electron chi connectivity index (χ3n) is 6.17. The van der Waals surface area contributed by atoms with Crippen LogP contribution >= 0.6 is 11.6 Å². The summed E-state index contributed by atoms with van der Waals surface area (Å²) >= 11 is 5.98. The second kappa shape index (κ2) is 9.84. The predicted molar refractivity (Wildman–Crippen MR) is 127 cm³/mol. The fourth-order valence-electron chi connectivity index (χ4n) is 4.41. The number of anilines is 1. The first kappa shape index (κ1) is 22.5. The summed E-state index contributed by atoms with van der Waals surface area (Å²) in [6.45, 7) is 6.79. The molecule has 1 aromatic carbocycles. The number of hydrogen-bond acceptors (Lipinski definition) is 5. The molecule has 0 bridgehead atoms. The highest BCUT2D eigenvalue weighted by molar-refractivity contribution is 6.30. The number of aromatic nitrogens is 3. The van der Waals surface area contributed by atoms with Gasteiger partial charge in [-0.25, -0.2) is 9.67 Å². The Hall–Kier alpha value is -2.70. The standard InChI is InChI=1S/C25H29ClN4O2/c1-17-12-20(14-27-25(17)29-10-8-19(9-11-29)16-32-3)13-24(31)23-15-28-30(18(23)2)22-6-4-21(26)5-7-22/h4-7,12,14-15,19H,8-11,13,16H2,1-3H3. The summed E-state index contributed by atoms with van der Waals surface area (Å²) in [4.78, 5) is 20.1. The predicted octanol–water partition coefficient (Wildman–Crippen LogP) is 4.83. The molecule has 0 amide bonds. The Bertz CT molecular complexity index is 1090. The molecule has 6 nitrogen and oxygen atoms in total. The van der Waals surface area contributed by atoms with Crippen molar-refractivity contribution in [3.05, 3.63) is 70.1 Å². The molecule has 1 aliphatic heterocycles. The maximum Gasteiger partial charge on any atom is 0.170 e. The maximum atomic E-state index is 13.0. The summed E-state index contributed by atoms with van der Waals surface area (Å²) in [6.07, 6.45) is 6.01. The Labute approximate surface area is 194 Å². The number of Topliss-reactive ketones (excluding diaryl/α,β-unsaturated/α-hetero) is 1. The van der Waals surface area contributed by atoms with Gasteiger partial charge in [-0.2, -0.15) is 5.10 Å². The van der Waals surface area contributed by atoms with Gasteiger partial charge < -0.3 is 9.64 Å². The van der Waals surface area contributed by atoms with Crippen LogP contribution < -0.4 is 4.90 Å². The lowest BCUT2D eigenvalue weighted by atomic mass is 9.97. The topological polar surface area (TPSA) is 60.2 Å². The molecule has 1 aliphatic rings. The Morgan fingerprint density at radius 1 is 1.16 bits per heavy atom. The minimum absolute atomic E-state index is 0.0389. The Kier molecular flexibility index (Phi) is 6.92. The van der Waals surface area contributed by atoms with Gasteiger partial charge in [-0.3, -0.25) is 4.79 Å². The van der Waals surface area contributed by atoms with E-state index >= 15 is 0 Å². The van der Waals surface area contributed by atoms with E-state index < -0.39 is 0 Å². The van der Waals surface area contributed by atoms with Gasteiger partial charge in [0.1, 0.15) is 5.82 Å². The summed E-state index contributed by atoms with van der Waals surface area (Å²) < 4.78 is 7.06. The van der Waals surface area contributed by atoms with Crippen LogP contribution in [0.4, 0.5) is 5.82 Å². The second-order valence-corrected chi connectivity index (χ2v) is 8.94. The highest BCUT2D eigenvalue weighted by atomic mass is 35.5. The van der Waals surface area contributed by atoms with Crippen molar-refractivity contribution >= 4 is 23.2 Å². The lowest BCUT2D eigenvalue weighted by molar-refractivity contribution is 0.0992. The van der Waals surface area contributed by atoms with Crippen LogP contribution in [0.15, 0.2) is 42.7 Å². The lowest BCUT2D eigenvalue weighted by Crippen LogP contribution is -2.36. The highest BCUT2D eigenvalue weighted by Gasteiger charge is 2.22. The van der Waals surface area contributed by atoms with Crippen molar-refractivity contribution in [1.29, 1.82) is 0 Å².